The molecule has 2 amide bonds. The Morgan fingerprint density at radius 3 is 2.29 bits per heavy atom. The summed E-state index contributed by atoms with van der Waals surface area (Å²) in [6, 6.07) is 12.5. The minimum Gasteiger partial charge on any atom is -0.487 e. The highest BCUT2D eigenvalue weighted by Gasteiger charge is 2.19. The summed E-state index contributed by atoms with van der Waals surface area (Å²) in [7, 11) is 0. The summed E-state index contributed by atoms with van der Waals surface area (Å²) < 4.78 is 10.9. The second-order valence-corrected chi connectivity index (χ2v) is 7.71. The Bertz CT molecular complexity index is 1080. The molecular formula is C22H21N3O5S. The lowest BCUT2D eigenvalue weighted by Crippen LogP contribution is -2.30. The molecule has 31 heavy (non-hydrogen) atoms. The van der Waals surface area contributed by atoms with Gasteiger partial charge < -0.3 is 20.5 Å². The van der Waals surface area contributed by atoms with Crippen LogP contribution in [0.2, 0.25) is 0 Å². The lowest BCUT2D eigenvalue weighted by Gasteiger charge is -2.14. The van der Waals surface area contributed by atoms with Gasteiger partial charge in [0.1, 0.15) is 12.4 Å². The van der Waals surface area contributed by atoms with Crippen LogP contribution >= 0.6 is 11.3 Å². The smallest absolute Gasteiger partial charge is 0.338 e. The molecule has 2 aromatic carbocycles. The molecule has 3 aromatic rings. The van der Waals surface area contributed by atoms with Crippen LogP contribution in [0.25, 0.3) is 0 Å². The van der Waals surface area contributed by atoms with Crippen molar-refractivity contribution >= 4 is 34.8 Å². The van der Waals surface area contributed by atoms with E-state index in [1.807, 2.05) is 12.3 Å². The quantitative estimate of drug-likeness (QED) is 0.520. The average Bonchev–Trinajstić information content (AvgIpc) is 3.18. The van der Waals surface area contributed by atoms with E-state index in [9.17, 15) is 14.4 Å². The Labute approximate surface area is 183 Å². The van der Waals surface area contributed by atoms with Crippen LogP contribution in [0, 0.1) is 6.92 Å². The van der Waals surface area contributed by atoms with Gasteiger partial charge in [-0.2, -0.15) is 0 Å². The van der Waals surface area contributed by atoms with Crippen LogP contribution in [-0.2, 0) is 16.1 Å². The zero-order valence-corrected chi connectivity index (χ0v) is 17.8. The monoisotopic (exact) mass is 439 g/mol. The fourth-order valence-electron chi connectivity index (χ4n) is 2.56. The van der Waals surface area contributed by atoms with Gasteiger partial charge in [-0.3, -0.25) is 9.59 Å². The molecule has 1 heterocycles. The number of anilines is 1. The van der Waals surface area contributed by atoms with Crippen LogP contribution in [0.4, 0.5) is 5.69 Å². The van der Waals surface area contributed by atoms with E-state index in [0.717, 1.165) is 10.7 Å². The number of aryl methyl sites for hydroxylation is 1. The predicted molar refractivity (Wildman–Crippen MR) is 116 cm³/mol. The first-order valence-electron chi connectivity index (χ1n) is 9.37. The highest BCUT2D eigenvalue weighted by atomic mass is 32.1. The van der Waals surface area contributed by atoms with Crippen molar-refractivity contribution in [3.8, 4) is 5.75 Å². The van der Waals surface area contributed by atoms with Gasteiger partial charge in [0, 0.05) is 16.6 Å². The van der Waals surface area contributed by atoms with E-state index >= 15 is 0 Å². The summed E-state index contributed by atoms with van der Waals surface area (Å²) in [5, 5.41) is 5.51. The molecule has 3 N–H and O–H groups in total. The molecule has 3 rings (SSSR count). The third kappa shape index (κ3) is 6.13. The van der Waals surface area contributed by atoms with Crippen LogP contribution in [-0.4, -0.2) is 28.9 Å². The maximum absolute atomic E-state index is 12.3. The number of thiazole rings is 1. The highest BCUT2D eigenvalue weighted by molar-refractivity contribution is 7.09. The molecule has 0 radical (unpaired) electrons. The van der Waals surface area contributed by atoms with Gasteiger partial charge in [-0.15, -0.1) is 11.3 Å². The van der Waals surface area contributed by atoms with Crippen molar-refractivity contribution in [3.63, 3.8) is 0 Å². The molecule has 0 saturated carbocycles. The van der Waals surface area contributed by atoms with Crippen LogP contribution in [0.1, 0.15) is 38.3 Å². The number of aromatic nitrogens is 1. The lowest BCUT2D eigenvalue weighted by molar-refractivity contribution is -0.123. The molecule has 0 fully saturated rings. The van der Waals surface area contributed by atoms with Crippen LogP contribution in [0.15, 0.2) is 53.9 Å². The SMILES string of the molecule is Cc1nc(COc2ccc(C(=O)OC(C)C(=O)Nc3ccc(C(N)=O)cc3)cc2)cs1. The molecule has 0 bridgehead atoms. The van der Waals surface area contributed by atoms with Gasteiger partial charge in [0.05, 0.1) is 16.3 Å². The number of nitrogens with one attached hydrogen (secondary N) is 1. The van der Waals surface area contributed by atoms with Gasteiger partial charge in [0.2, 0.25) is 5.91 Å². The number of amides is 2. The zero-order valence-electron chi connectivity index (χ0n) is 17.0. The fraction of sp³-hybridized carbons (Fsp3) is 0.182. The van der Waals surface area contributed by atoms with E-state index < -0.39 is 23.9 Å². The second kappa shape index (κ2) is 9.86. The van der Waals surface area contributed by atoms with Gasteiger partial charge in [0.25, 0.3) is 5.91 Å². The summed E-state index contributed by atoms with van der Waals surface area (Å²) in [5.74, 6) is -1.10. The molecule has 1 atom stereocenters. The molecule has 0 aliphatic heterocycles. The Balaban J connectivity index is 1.51. The second-order valence-electron chi connectivity index (χ2n) is 6.65. The molecule has 9 heteroatoms. The maximum atomic E-state index is 12.3. The Morgan fingerprint density at radius 2 is 1.71 bits per heavy atom. The number of ether oxygens (including phenoxy) is 2. The molecule has 0 spiro atoms. The molecule has 0 saturated heterocycles. The number of carbonyl (C=O) groups excluding carboxylic acids is 3. The third-order valence-electron chi connectivity index (χ3n) is 4.23. The Hall–Kier alpha value is -3.72. The van der Waals surface area contributed by atoms with Crippen molar-refractivity contribution < 1.29 is 23.9 Å². The van der Waals surface area contributed by atoms with Crippen molar-refractivity contribution in [2.45, 2.75) is 26.6 Å². The topological polar surface area (TPSA) is 121 Å². The third-order valence-corrected chi connectivity index (χ3v) is 5.06. The average molecular weight is 439 g/mol. The van der Waals surface area contributed by atoms with E-state index in [1.165, 1.54) is 31.2 Å². The number of primary amides is 1. The maximum Gasteiger partial charge on any atom is 0.338 e. The van der Waals surface area contributed by atoms with E-state index in [0.29, 0.717) is 29.2 Å². The van der Waals surface area contributed by atoms with E-state index in [-0.39, 0.29) is 0 Å². The van der Waals surface area contributed by atoms with Gasteiger partial charge in [0.15, 0.2) is 6.10 Å². The number of nitrogens with two attached hydrogens (primary N) is 1. The molecule has 0 aliphatic rings. The number of esters is 1. The minimum atomic E-state index is -1.02. The number of hydrogen-bond donors (Lipinski definition) is 2. The van der Waals surface area contributed by atoms with E-state index in [4.69, 9.17) is 15.2 Å². The summed E-state index contributed by atoms with van der Waals surface area (Å²) in [6.07, 6.45) is -1.02. The first kappa shape index (κ1) is 22.0. The van der Waals surface area contributed by atoms with Crippen LogP contribution in [0.5, 0.6) is 5.75 Å². The number of nitrogens with zero attached hydrogens (tertiary/aromatic N) is 1. The van der Waals surface area contributed by atoms with Gasteiger partial charge in [-0.25, -0.2) is 9.78 Å². The summed E-state index contributed by atoms with van der Waals surface area (Å²) >= 11 is 1.55. The predicted octanol–water partition coefficient (Wildman–Crippen LogP) is 3.31. The molecule has 1 unspecified atom stereocenters. The van der Waals surface area contributed by atoms with Crippen molar-refractivity contribution in [3.05, 3.63) is 75.7 Å². The number of rotatable bonds is 8. The van der Waals surface area contributed by atoms with E-state index in [2.05, 4.69) is 10.3 Å². The standard InChI is InChI=1S/C22H21N3O5S/c1-13(21(27)25-17-7-3-15(4-8-17)20(23)26)30-22(28)16-5-9-19(10-6-16)29-11-18-12-31-14(2)24-18/h3-10,12-13H,11H2,1-2H3,(H2,23,26)(H,25,27). The van der Waals surface area contributed by atoms with Gasteiger partial charge in [-0.1, -0.05) is 0 Å². The lowest BCUT2D eigenvalue weighted by atomic mass is 10.2. The van der Waals surface area contributed by atoms with Gasteiger partial charge >= 0.3 is 5.97 Å². The molecule has 0 aliphatic carbocycles. The highest BCUT2D eigenvalue weighted by Crippen LogP contribution is 2.17. The Morgan fingerprint density at radius 1 is 1.06 bits per heavy atom. The van der Waals surface area contributed by atoms with Crippen LogP contribution in [0.3, 0.4) is 0 Å². The Kier molecular flexibility index (Phi) is 6.99. The largest absolute Gasteiger partial charge is 0.487 e. The minimum absolute atomic E-state index is 0.294. The van der Waals surface area contributed by atoms with Crippen molar-refractivity contribution in [1.29, 1.82) is 0 Å². The zero-order chi connectivity index (χ0) is 22.4. The number of carbonyl (C=O) groups is 3. The van der Waals surface area contributed by atoms with Crippen molar-refractivity contribution in [1.82, 2.24) is 4.98 Å². The molecule has 160 valence electrons. The molecule has 8 nitrogen and oxygen atoms in total. The van der Waals surface area contributed by atoms with Crippen molar-refractivity contribution in [2.75, 3.05) is 5.32 Å². The normalized spacial score (nSPS) is 11.4. The fourth-order valence-corrected chi connectivity index (χ4v) is 3.16. The van der Waals surface area contributed by atoms with Crippen molar-refractivity contribution in [2.24, 2.45) is 5.73 Å². The first-order valence-corrected chi connectivity index (χ1v) is 10.3. The van der Waals surface area contributed by atoms with E-state index in [1.54, 1.807) is 35.6 Å². The van der Waals surface area contributed by atoms with Crippen LogP contribution < -0.4 is 15.8 Å². The summed E-state index contributed by atoms with van der Waals surface area (Å²) in [4.78, 5) is 40.0. The van der Waals surface area contributed by atoms with Gasteiger partial charge in [-0.05, 0) is 62.4 Å². The number of hydrogen-bond acceptors (Lipinski definition) is 7. The summed E-state index contributed by atoms with van der Waals surface area (Å²) in [6.45, 7) is 3.74. The molecular weight excluding hydrogens is 418 g/mol. The summed E-state index contributed by atoms with van der Waals surface area (Å²) in [5.41, 5.74) is 7.10. The molecule has 1 aromatic heterocycles. The number of benzene rings is 2. The first-order chi connectivity index (χ1) is 14.8.